The van der Waals surface area contributed by atoms with E-state index in [1.165, 1.54) is 0 Å². The van der Waals surface area contributed by atoms with Crippen LogP contribution in [0, 0.1) is 0 Å². The number of methoxy groups -OCH3 is 1. The summed E-state index contributed by atoms with van der Waals surface area (Å²) in [6.45, 7) is 4.91. The summed E-state index contributed by atoms with van der Waals surface area (Å²) in [6, 6.07) is 15.2. The van der Waals surface area contributed by atoms with Crippen molar-refractivity contribution in [1.29, 1.82) is 0 Å². The molecule has 140 valence electrons. The van der Waals surface area contributed by atoms with E-state index in [9.17, 15) is 5.11 Å². The van der Waals surface area contributed by atoms with Crippen molar-refractivity contribution in [3.63, 3.8) is 0 Å². The number of ether oxygens (including phenoxy) is 2. The number of aromatic hydroxyl groups is 1. The normalized spacial score (nSPS) is 11.2. The van der Waals surface area contributed by atoms with Crippen molar-refractivity contribution in [3.8, 4) is 11.5 Å². The molecule has 2 aromatic rings. The first-order valence-electron chi connectivity index (χ1n) is 8.72. The van der Waals surface area contributed by atoms with Crippen molar-refractivity contribution in [2.24, 2.45) is 4.99 Å². The van der Waals surface area contributed by atoms with Crippen molar-refractivity contribution < 1.29 is 14.6 Å². The second kappa shape index (κ2) is 11.0. The Labute approximate surface area is 154 Å². The maximum absolute atomic E-state index is 9.94. The Kier molecular flexibility index (Phi) is 8.29. The van der Waals surface area contributed by atoms with Gasteiger partial charge in [0.2, 0.25) is 0 Å². The Bertz CT molecular complexity index is 690. The third-order valence-electron chi connectivity index (χ3n) is 3.69. The number of benzene rings is 2. The van der Waals surface area contributed by atoms with E-state index in [1.54, 1.807) is 25.3 Å². The van der Waals surface area contributed by atoms with Gasteiger partial charge in [0.1, 0.15) is 11.5 Å². The second-order valence-electron chi connectivity index (χ2n) is 5.65. The van der Waals surface area contributed by atoms with Crippen LogP contribution in [-0.2, 0) is 17.9 Å². The highest BCUT2D eigenvalue weighted by Crippen LogP contribution is 2.23. The molecule has 2 aromatic carbocycles. The van der Waals surface area contributed by atoms with Gasteiger partial charge in [-0.3, -0.25) is 0 Å². The summed E-state index contributed by atoms with van der Waals surface area (Å²) < 4.78 is 10.8. The van der Waals surface area contributed by atoms with E-state index < -0.39 is 0 Å². The van der Waals surface area contributed by atoms with Gasteiger partial charge in [0, 0.05) is 18.7 Å². The standard InChI is InChI=1S/C20H27N3O3/c1-3-21-20(22-11-12-26-15-16-7-5-4-6-8-16)23-14-17-13-18(25-2)9-10-19(17)24/h4-10,13,24H,3,11-12,14-15H2,1-2H3,(H2,21,22,23). The first kappa shape index (κ1) is 19.6. The molecule has 0 amide bonds. The Hall–Kier alpha value is -2.73. The Morgan fingerprint density at radius 3 is 2.65 bits per heavy atom. The van der Waals surface area contributed by atoms with Crippen molar-refractivity contribution >= 4 is 5.96 Å². The van der Waals surface area contributed by atoms with E-state index in [0.717, 1.165) is 12.1 Å². The highest BCUT2D eigenvalue weighted by molar-refractivity contribution is 5.79. The van der Waals surface area contributed by atoms with Crippen LogP contribution < -0.4 is 15.4 Å². The van der Waals surface area contributed by atoms with E-state index in [0.29, 0.717) is 43.6 Å². The SMILES string of the molecule is CCNC(=NCc1cc(OC)ccc1O)NCCOCc1ccccc1. The van der Waals surface area contributed by atoms with Gasteiger partial charge in [0.25, 0.3) is 0 Å². The highest BCUT2D eigenvalue weighted by atomic mass is 16.5. The Morgan fingerprint density at radius 2 is 1.92 bits per heavy atom. The van der Waals surface area contributed by atoms with Crippen LogP contribution in [0.25, 0.3) is 0 Å². The molecule has 6 nitrogen and oxygen atoms in total. The predicted molar refractivity (Wildman–Crippen MR) is 104 cm³/mol. The van der Waals surface area contributed by atoms with Gasteiger partial charge in [0.05, 0.1) is 26.9 Å². The van der Waals surface area contributed by atoms with Crippen molar-refractivity contribution in [3.05, 3.63) is 59.7 Å². The third-order valence-corrected chi connectivity index (χ3v) is 3.69. The van der Waals surface area contributed by atoms with E-state index in [-0.39, 0.29) is 5.75 Å². The Balaban J connectivity index is 1.81. The molecule has 0 aliphatic heterocycles. The van der Waals surface area contributed by atoms with Crippen LogP contribution in [0.4, 0.5) is 0 Å². The molecule has 0 aliphatic rings. The van der Waals surface area contributed by atoms with E-state index in [1.807, 2.05) is 37.3 Å². The molecule has 2 rings (SSSR count). The number of nitrogens with one attached hydrogen (secondary N) is 2. The minimum absolute atomic E-state index is 0.205. The molecular formula is C20H27N3O3. The molecule has 0 saturated carbocycles. The van der Waals surface area contributed by atoms with Crippen LogP contribution in [0.2, 0.25) is 0 Å². The first-order chi connectivity index (χ1) is 12.7. The molecular weight excluding hydrogens is 330 g/mol. The van der Waals surface area contributed by atoms with Gasteiger partial charge in [-0.1, -0.05) is 30.3 Å². The maximum Gasteiger partial charge on any atom is 0.191 e. The average Bonchev–Trinajstić information content (AvgIpc) is 2.67. The average molecular weight is 357 g/mol. The minimum atomic E-state index is 0.205. The number of aliphatic imine (C=N–C) groups is 1. The lowest BCUT2D eigenvalue weighted by atomic mass is 10.2. The van der Waals surface area contributed by atoms with Crippen molar-refractivity contribution in [2.45, 2.75) is 20.1 Å². The molecule has 0 spiro atoms. The number of phenolic OH excluding ortho intramolecular Hbond substituents is 1. The van der Waals surface area contributed by atoms with Crippen molar-refractivity contribution in [1.82, 2.24) is 10.6 Å². The van der Waals surface area contributed by atoms with Gasteiger partial charge >= 0.3 is 0 Å². The summed E-state index contributed by atoms with van der Waals surface area (Å²) in [6.07, 6.45) is 0. The number of guanidine groups is 1. The molecule has 0 atom stereocenters. The molecule has 0 bridgehead atoms. The third kappa shape index (κ3) is 6.64. The lowest BCUT2D eigenvalue weighted by Crippen LogP contribution is -2.38. The van der Waals surface area contributed by atoms with E-state index in [2.05, 4.69) is 15.6 Å². The lowest BCUT2D eigenvalue weighted by Gasteiger charge is -2.12. The van der Waals surface area contributed by atoms with Crippen molar-refractivity contribution in [2.75, 3.05) is 26.8 Å². The van der Waals surface area contributed by atoms with Gasteiger partial charge in [-0.15, -0.1) is 0 Å². The quantitative estimate of drug-likeness (QED) is 0.365. The van der Waals surface area contributed by atoms with Crippen LogP contribution >= 0.6 is 0 Å². The largest absolute Gasteiger partial charge is 0.508 e. The zero-order valence-corrected chi connectivity index (χ0v) is 15.4. The van der Waals surface area contributed by atoms with Crippen LogP contribution in [0.5, 0.6) is 11.5 Å². The molecule has 0 saturated heterocycles. The molecule has 3 N–H and O–H groups in total. The number of phenols is 1. The molecule has 26 heavy (non-hydrogen) atoms. The summed E-state index contributed by atoms with van der Waals surface area (Å²) >= 11 is 0. The maximum atomic E-state index is 9.94. The van der Waals surface area contributed by atoms with Gasteiger partial charge in [-0.25, -0.2) is 4.99 Å². The predicted octanol–water partition coefficient (Wildman–Crippen LogP) is 2.67. The molecule has 0 aromatic heterocycles. The molecule has 0 radical (unpaired) electrons. The van der Waals surface area contributed by atoms with Gasteiger partial charge in [-0.05, 0) is 30.7 Å². The summed E-state index contributed by atoms with van der Waals surface area (Å²) in [5, 5.41) is 16.3. The Morgan fingerprint density at radius 1 is 1.12 bits per heavy atom. The molecule has 0 unspecified atom stereocenters. The molecule has 6 heteroatoms. The molecule has 0 aliphatic carbocycles. The highest BCUT2D eigenvalue weighted by Gasteiger charge is 2.04. The van der Waals surface area contributed by atoms with E-state index >= 15 is 0 Å². The number of hydrogen-bond donors (Lipinski definition) is 3. The van der Waals surface area contributed by atoms with Gasteiger partial charge < -0.3 is 25.2 Å². The van der Waals surface area contributed by atoms with Crippen LogP contribution in [0.1, 0.15) is 18.1 Å². The number of nitrogens with zero attached hydrogens (tertiary/aromatic N) is 1. The van der Waals surface area contributed by atoms with Crippen LogP contribution in [0.3, 0.4) is 0 Å². The first-order valence-corrected chi connectivity index (χ1v) is 8.72. The fourth-order valence-electron chi connectivity index (χ4n) is 2.33. The summed E-state index contributed by atoms with van der Waals surface area (Å²) in [5.74, 6) is 1.58. The monoisotopic (exact) mass is 357 g/mol. The zero-order valence-electron chi connectivity index (χ0n) is 15.4. The molecule has 0 fully saturated rings. The smallest absolute Gasteiger partial charge is 0.191 e. The minimum Gasteiger partial charge on any atom is -0.508 e. The van der Waals surface area contributed by atoms with Crippen LogP contribution in [0.15, 0.2) is 53.5 Å². The van der Waals surface area contributed by atoms with Crippen LogP contribution in [-0.4, -0.2) is 37.9 Å². The van der Waals surface area contributed by atoms with Gasteiger partial charge in [0.15, 0.2) is 5.96 Å². The molecule has 0 heterocycles. The zero-order chi connectivity index (χ0) is 18.6. The second-order valence-corrected chi connectivity index (χ2v) is 5.65. The summed E-state index contributed by atoms with van der Waals surface area (Å²) in [4.78, 5) is 4.50. The number of rotatable bonds is 9. The fourth-order valence-corrected chi connectivity index (χ4v) is 2.33. The van der Waals surface area contributed by atoms with E-state index in [4.69, 9.17) is 9.47 Å². The topological polar surface area (TPSA) is 75.1 Å². The fraction of sp³-hybridized carbons (Fsp3) is 0.350. The summed E-state index contributed by atoms with van der Waals surface area (Å²) in [7, 11) is 1.60. The number of hydrogen-bond acceptors (Lipinski definition) is 4. The van der Waals surface area contributed by atoms with Gasteiger partial charge in [-0.2, -0.15) is 0 Å². The lowest BCUT2D eigenvalue weighted by molar-refractivity contribution is 0.125. The summed E-state index contributed by atoms with van der Waals surface area (Å²) in [5.41, 5.74) is 1.86.